The van der Waals surface area contributed by atoms with Gasteiger partial charge in [0, 0.05) is 31.5 Å². The first-order chi connectivity index (χ1) is 14.6. The summed E-state index contributed by atoms with van der Waals surface area (Å²) in [7, 11) is 1.52. The number of methoxy groups -OCH3 is 1. The van der Waals surface area contributed by atoms with Gasteiger partial charge in [-0.3, -0.25) is 4.79 Å². The van der Waals surface area contributed by atoms with Crippen molar-refractivity contribution in [1.29, 1.82) is 0 Å². The zero-order chi connectivity index (χ0) is 21.1. The summed E-state index contributed by atoms with van der Waals surface area (Å²) in [6.07, 6.45) is 6.55. The molecular weight excluding hydrogens is 391 g/mol. The van der Waals surface area contributed by atoms with Crippen LogP contribution in [0.2, 0.25) is 0 Å². The number of hydrogen-bond donors (Lipinski definition) is 2. The lowest BCUT2D eigenvalue weighted by Crippen LogP contribution is -2.26. The van der Waals surface area contributed by atoms with Gasteiger partial charge in [0.15, 0.2) is 5.65 Å². The van der Waals surface area contributed by atoms with Gasteiger partial charge in [0.1, 0.15) is 17.2 Å². The number of halogens is 1. The molecule has 3 aromatic heterocycles. The largest absolute Gasteiger partial charge is 0.481 e. The third-order valence-electron chi connectivity index (χ3n) is 5.16. The zero-order valence-corrected chi connectivity index (χ0v) is 16.6. The van der Waals surface area contributed by atoms with E-state index in [2.05, 4.69) is 25.3 Å². The van der Waals surface area contributed by atoms with Gasteiger partial charge in [0.25, 0.3) is 5.91 Å². The number of ether oxygens (including phenoxy) is 1. The Labute approximate surface area is 172 Å². The van der Waals surface area contributed by atoms with E-state index in [4.69, 9.17) is 9.84 Å². The second-order valence-electron chi connectivity index (χ2n) is 7.05. The van der Waals surface area contributed by atoms with Gasteiger partial charge >= 0.3 is 0 Å². The third-order valence-corrected chi connectivity index (χ3v) is 5.16. The van der Waals surface area contributed by atoms with E-state index in [9.17, 15) is 9.18 Å². The summed E-state index contributed by atoms with van der Waals surface area (Å²) in [4.78, 5) is 23.3. The van der Waals surface area contributed by atoms with Crippen molar-refractivity contribution in [2.75, 3.05) is 31.7 Å². The predicted octanol–water partition coefficient (Wildman–Crippen LogP) is 1.73. The van der Waals surface area contributed by atoms with Gasteiger partial charge in [-0.1, -0.05) is 0 Å². The minimum absolute atomic E-state index is 0.00614. The number of fused-ring (bicyclic) bond motifs is 1. The maximum atomic E-state index is 13.9. The molecule has 1 unspecified atom stereocenters. The maximum absolute atomic E-state index is 13.9. The topological polar surface area (TPSA) is 105 Å². The van der Waals surface area contributed by atoms with Crippen LogP contribution in [0.25, 0.3) is 5.65 Å². The van der Waals surface area contributed by atoms with Crippen molar-refractivity contribution >= 4 is 17.4 Å². The molecule has 1 fully saturated rings. The van der Waals surface area contributed by atoms with Gasteiger partial charge < -0.3 is 20.1 Å². The number of nitrogens with zero attached hydrogens (tertiary/aromatic N) is 5. The number of rotatable bonds is 7. The number of carbonyl (C=O) groups excluding carboxylic acids is 1. The molecule has 0 aromatic carbocycles. The molecule has 0 saturated carbocycles. The summed E-state index contributed by atoms with van der Waals surface area (Å²) in [6.45, 7) is 1.11. The van der Waals surface area contributed by atoms with E-state index < -0.39 is 5.82 Å². The van der Waals surface area contributed by atoms with E-state index in [1.54, 1.807) is 10.7 Å². The van der Waals surface area contributed by atoms with Crippen LogP contribution in [-0.4, -0.2) is 57.4 Å². The number of aliphatic hydroxyl groups is 1. The third kappa shape index (κ3) is 3.78. The van der Waals surface area contributed by atoms with E-state index in [-0.39, 0.29) is 18.6 Å². The number of anilines is 1. The molecule has 10 heteroatoms. The van der Waals surface area contributed by atoms with Crippen molar-refractivity contribution in [3.8, 4) is 5.88 Å². The number of hydrogen-bond acceptors (Lipinski definition) is 7. The second-order valence-corrected chi connectivity index (χ2v) is 7.05. The predicted molar refractivity (Wildman–Crippen MR) is 107 cm³/mol. The summed E-state index contributed by atoms with van der Waals surface area (Å²) in [5, 5.41) is 15.8. The normalized spacial score (nSPS) is 16.2. The highest BCUT2D eigenvalue weighted by atomic mass is 19.1. The minimum atomic E-state index is -0.418. The summed E-state index contributed by atoms with van der Waals surface area (Å²) in [6, 6.07) is 3.14. The number of aliphatic hydroxyl groups excluding tert-OH is 1. The van der Waals surface area contributed by atoms with Crippen LogP contribution in [0.1, 0.15) is 41.2 Å². The Bertz CT molecular complexity index is 1060. The van der Waals surface area contributed by atoms with Crippen molar-refractivity contribution in [2.45, 2.75) is 25.3 Å². The van der Waals surface area contributed by atoms with E-state index in [1.165, 1.54) is 19.4 Å². The number of carbonyl (C=O) groups is 1. The summed E-state index contributed by atoms with van der Waals surface area (Å²) in [5.74, 6) is 0.347. The van der Waals surface area contributed by atoms with Gasteiger partial charge in [-0.2, -0.15) is 5.10 Å². The lowest BCUT2D eigenvalue weighted by atomic mass is 10.1. The summed E-state index contributed by atoms with van der Waals surface area (Å²) >= 11 is 0. The minimum Gasteiger partial charge on any atom is -0.481 e. The van der Waals surface area contributed by atoms with Crippen LogP contribution in [-0.2, 0) is 0 Å². The lowest BCUT2D eigenvalue weighted by Gasteiger charge is -2.26. The molecule has 4 rings (SSSR count). The number of aromatic nitrogens is 4. The van der Waals surface area contributed by atoms with Crippen molar-refractivity contribution in [3.05, 3.63) is 47.7 Å². The Balaban J connectivity index is 1.66. The molecule has 30 heavy (non-hydrogen) atoms. The molecule has 1 aliphatic heterocycles. The SMILES string of the molecule is COc1ncc(F)cc1C1CCCN1c1ccn2ncc(C(=O)NCCCO)c2n1. The fraction of sp³-hybridized carbons (Fsp3) is 0.400. The lowest BCUT2D eigenvalue weighted by molar-refractivity contribution is 0.0952. The van der Waals surface area contributed by atoms with Gasteiger partial charge in [-0.25, -0.2) is 18.9 Å². The quantitative estimate of drug-likeness (QED) is 0.567. The molecule has 1 amide bonds. The Kier molecular flexibility index (Phi) is 5.75. The van der Waals surface area contributed by atoms with E-state index in [0.717, 1.165) is 25.6 Å². The zero-order valence-electron chi connectivity index (χ0n) is 16.6. The van der Waals surface area contributed by atoms with Crippen LogP contribution in [0, 0.1) is 5.82 Å². The average Bonchev–Trinajstić information content (AvgIpc) is 3.40. The van der Waals surface area contributed by atoms with E-state index >= 15 is 0 Å². The van der Waals surface area contributed by atoms with Crippen LogP contribution in [0.3, 0.4) is 0 Å². The first-order valence-corrected chi connectivity index (χ1v) is 9.82. The molecule has 9 nitrogen and oxygen atoms in total. The standard InChI is InChI=1S/C20H23FN6O3/c1-30-20-14(10-13(21)11-23-20)16-4-2-7-26(16)17-5-8-27-18(25-17)15(12-24-27)19(29)22-6-3-9-28/h5,8,10-12,16,28H,2-4,6-7,9H2,1H3,(H,22,29). The monoisotopic (exact) mass is 414 g/mol. The number of amides is 1. The Hall–Kier alpha value is -3.27. The van der Waals surface area contributed by atoms with Crippen LogP contribution < -0.4 is 15.0 Å². The molecule has 158 valence electrons. The highest BCUT2D eigenvalue weighted by Crippen LogP contribution is 2.38. The van der Waals surface area contributed by atoms with Gasteiger partial charge in [-0.05, 0) is 31.4 Å². The van der Waals surface area contributed by atoms with Crippen LogP contribution in [0.4, 0.5) is 10.2 Å². The molecule has 2 N–H and O–H groups in total. The summed E-state index contributed by atoms with van der Waals surface area (Å²) < 4.78 is 20.8. The molecule has 1 saturated heterocycles. The van der Waals surface area contributed by atoms with Crippen LogP contribution >= 0.6 is 0 Å². The van der Waals surface area contributed by atoms with E-state index in [0.29, 0.717) is 41.4 Å². The summed E-state index contributed by atoms with van der Waals surface area (Å²) in [5.41, 5.74) is 1.46. The Morgan fingerprint density at radius 1 is 1.43 bits per heavy atom. The highest BCUT2D eigenvalue weighted by Gasteiger charge is 2.31. The van der Waals surface area contributed by atoms with Gasteiger partial charge in [0.2, 0.25) is 5.88 Å². The average molecular weight is 414 g/mol. The molecule has 0 aliphatic carbocycles. The fourth-order valence-corrected chi connectivity index (χ4v) is 3.77. The molecule has 1 atom stereocenters. The van der Waals surface area contributed by atoms with Crippen molar-refractivity contribution in [3.63, 3.8) is 0 Å². The first kappa shape index (κ1) is 20.0. The maximum Gasteiger partial charge on any atom is 0.256 e. The van der Waals surface area contributed by atoms with Crippen LogP contribution in [0.15, 0.2) is 30.7 Å². The van der Waals surface area contributed by atoms with Crippen molar-refractivity contribution < 1.29 is 19.0 Å². The van der Waals surface area contributed by atoms with Gasteiger partial charge in [0.05, 0.1) is 25.5 Å². The van der Waals surface area contributed by atoms with Gasteiger partial charge in [-0.15, -0.1) is 0 Å². The molecule has 0 radical (unpaired) electrons. The Morgan fingerprint density at radius 2 is 2.30 bits per heavy atom. The first-order valence-electron chi connectivity index (χ1n) is 9.82. The van der Waals surface area contributed by atoms with Crippen molar-refractivity contribution in [2.24, 2.45) is 0 Å². The van der Waals surface area contributed by atoms with E-state index in [1.807, 2.05) is 6.07 Å². The molecule has 3 aromatic rings. The molecule has 0 spiro atoms. The second kappa shape index (κ2) is 8.62. The van der Waals surface area contributed by atoms with Crippen molar-refractivity contribution in [1.82, 2.24) is 24.9 Å². The number of nitrogens with one attached hydrogen (secondary N) is 1. The Morgan fingerprint density at radius 3 is 3.10 bits per heavy atom. The fourth-order valence-electron chi connectivity index (χ4n) is 3.77. The molecule has 1 aliphatic rings. The molecular formula is C20H23FN6O3. The molecule has 0 bridgehead atoms. The molecule has 4 heterocycles. The highest BCUT2D eigenvalue weighted by molar-refractivity contribution is 5.99. The van der Waals surface area contributed by atoms with Crippen LogP contribution in [0.5, 0.6) is 5.88 Å². The number of pyridine rings is 1. The smallest absolute Gasteiger partial charge is 0.256 e.